The summed E-state index contributed by atoms with van der Waals surface area (Å²) in [5.74, 6) is -0.682. The highest BCUT2D eigenvalue weighted by Crippen LogP contribution is 2.31. The van der Waals surface area contributed by atoms with Crippen LogP contribution in [0.4, 0.5) is 9.52 Å². The molecule has 1 aliphatic heterocycles. The van der Waals surface area contributed by atoms with Gasteiger partial charge in [0.25, 0.3) is 5.91 Å². The molecule has 1 saturated heterocycles. The molecule has 0 radical (unpaired) electrons. The van der Waals surface area contributed by atoms with Gasteiger partial charge in [-0.15, -0.1) is 12.4 Å². The third-order valence-corrected chi connectivity index (χ3v) is 6.17. The Morgan fingerprint density at radius 1 is 1.20 bits per heavy atom. The summed E-state index contributed by atoms with van der Waals surface area (Å²) in [4.78, 5) is 21.5. The smallest absolute Gasteiger partial charge is 0.260 e. The number of anilines is 1. The van der Waals surface area contributed by atoms with Crippen LogP contribution in [0.2, 0.25) is 10.0 Å². The summed E-state index contributed by atoms with van der Waals surface area (Å²) < 4.78 is 20.2. The first-order chi connectivity index (χ1) is 14.0. The van der Waals surface area contributed by atoms with E-state index in [1.807, 2.05) is 0 Å². The minimum Gasteiger partial charge on any atom is -0.379 e. The highest BCUT2D eigenvalue weighted by Gasteiger charge is 2.24. The Bertz CT molecular complexity index is 1020. The molecule has 0 atom stereocenters. The van der Waals surface area contributed by atoms with Crippen LogP contribution in [0.3, 0.4) is 0 Å². The van der Waals surface area contributed by atoms with E-state index in [1.54, 1.807) is 35.2 Å². The number of hydrogen-bond acceptors (Lipinski definition) is 5. The molecule has 1 aromatic heterocycles. The van der Waals surface area contributed by atoms with Gasteiger partial charge in [0.2, 0.25) is 0 Å². The van der Waals surface area contributed by atoms with Crippen LogP contribution in [0.5, 0.6) is 0 Å². The van der Waals surface area contributed by atoms with Crippen LogP contribution >= 0.6 is 46.9 Å². The molecule has 4 rings (SSSR count). The molecule has 1 amide bonds. The number of hydrogen-bond donors (Lipinski definition) is 0. The summed E-state index contributed by atoms with van der Waals surface area (Å²) in [6, 6.07) is 9.51. The second-order valence-electron chi connectivity index (χ2n) is 6.65. The summed E-state index contributed by atoms with van der Waals surface area (Å²) in [5.41, 5.74) is 0.630. The fraction of sp³-hybridized carbons (Fsp3) is 0.300. The molecule has 10 heteroatoms. The number of morpholine rings is 1. The predicted molar refractivity (Wildman–Crippen MR) is 122 cm³/mol. The van der Waals surface area contributed by atoms with E-state index < -0.39 is 5.82 Å². The van der Waals surface area contributed by atoms with Crippen molar-refractivity contribution >= 4 is 68.2 Å². The Hall–Kier alpha value is -1.48. The van der Waals surface area contributed by atoms with E-state index in [0.717, 1.165) is 13.1 Å². The van der Waals surface area contributed by atoms with E-state index in [1.165, 1.54) is 17.4 Å². The molecule has 0 saturated carbocycles. The van der Waals surface area contributed by atoms with Crippen molar-refractivity contribution in [1.82, 2.24) is 9.88 Å². The second-order valence-corrected chi connectivity index (χ2v) is 8.53. The van der Waals surface area contributed by atoms with Crippen molar-refractivity contribution in [2.75, 3.05) is 44.3 Å². The number of benzene rings is 2. The van der Waals surface area contributed by atoms with Gasteiger partial charge in [0.05, 0.1) is 17.9 Å². The normalized spacial score (nSPS) is 14.5. The zero-order valence-electron chi connectivity index (χ0n) is 15.8. The molecule has 2 heterocycles. The number of rotatable bonds is 5. The number of carbonyl (C=O) groups excluding carboxylic acids is 1. The van der Waals surface area contributed by atoms with Crippen molar-refractivity contribution in [3.63, 3.8) is 0 Å². The standard InChI is InChI=1S/C20H18Cl2FN3O2S.ClH/c21-14-10-13(11-15(22)12-14)19(27)26(5-4-25-6-8-28-9-7-25)20-24-18-16(23)2-1-3-17(18)29-20;/h1-3,10-12H,4-9H2;1H. The van der Waals surface area contributed by atoms with Crippen molar-refractivity contribution in [3.8, 4) is 0 Å². The number of nitrogens with zero attached hydrogens (tertiary/aromatic N) is 3. The average Bonchev–Trinajstić information content (AvgIpc) is 3.13. The lowest BCUT2D eigenvalue weighted by molar-refractivity contribution is 0.0391. The van der Waals surface area contributed by atoms with Gasteiger partial charge in [-0.05, 0) is 30.3 Å². The topological polar surface area (TPSA) is 45.7 Å². The molecular weight excluding hydrogens is 472 g/mol. The zero-order valence-corrected chi connectivity index (χ0v) is 19.0. The van der Waals surface area contributed by atoms with E-state index >= 15 is 0 Å². The van der Waals surface area contributed by atoms with Crippen molar-refractivity contribution in [3.05, 3.63) is 57.8 Å². The van der Waals surface area contributed by atoms with E-state index in [4.69, 9.17) is 27.9 Å². The Morgan fingerprint density at radius 3 is 2.57 bits per heavy atom. The SMILES string of the molecule is Cl.O=C(c1cc(Cl)cc(Cl)c1)N(CCN1CCOCC1)c1nc2c(F)cccc2s1. The molecule has 0 spiro atoms. The lowest BCUT2D eigenvalue weighted by Crippen LogP contribution is -2.43. The Morgan fingerprint density at radius 2 is 1.90 bits per heavy atom. The van der Waals surface area contributed by atoms with Crippen molar-refractivity contribution in [2.45, 2.75) is 0 Å². The Balaban J connectivity index is 0.00000256. The number of amides is 1. The van der Waals surface area contributed by atoms with Crippen LogP contribution in [0, 0.1) is 5.82 Å². The number of carbonyl (C=O) groups is 1. The monoisotopic (exact) mass is 489 g/mol. The summed E-state index contributed by atoms with van der Waals surface area (Å²) in [6.07, 6.45) is 0. The van der Waals surface area contributed by atoms with Crippen molar-refractivity contribution in [1.29, 1.82) is 0 Å². The van der Waals surface area contributed by atoms with Crippen LogP contribution < -0.4 is 4.90 Å². The van der Waals surface area contributed by atoms with Gasteiger partial charge in [0.1, 0.15) is 11.3 Å². The van der Waals surface area contributed by atoms with Gasteiger partial charge in [0.15, 0.2) is 5.13 Å². The van der Waals surface area contributed by atoms with Crippen LogP contribution in [-0.4, -0.2) is 55.2 Å². The van der Waals surface area contributed by atoms with Crippen LogP contribution in [-0.2, 0) is 4.74 Å². The molecule has 0 unspecified atom stereocenters. The lowest BCUT2D eigenvalue weighted by Gasteiger charge is -2.29. The first-order valence-electron chi connectivity index (χ1n) is 9.14. The molecule has 0 bridgehead atoms. The van der Waals surface area contributed by atoms with E-state index in [9.17, 15) is 9.18 Å². The van der Waals surface area contributed by atoms with Crippen LogP contribution in [0.15, 0.2) is 36.4 Å². The predicted octanol–water partition coefficient (Wildman–Crippen LogP) is 5.14. The van der Waals surface area contributed by atoms with Crippen molar-refractivity contribution in [2.24, 2.45) is 0 Å². The van der Waals surface area contributed by atoms with Crippen LogP contribution in [0.25, 0.3) is 10.2 Å². The fourth-order valence-corrected chi connectivity index (χ4v) is 4.73. The minimum absolute atomic E-state index is 0. The number of thiazole rings is 1. The molecule has 2 aromatic carbocycles. The fourth-order valence-electron chi connectivity index (χ4n) is 3.20. The Kier molecular flexibility index (Phi) is 7.90. The highest BCUT2D eigenvalue weighted by molar-refractivity contribution is 7.22. The molecule has 0 aliphatic carbocycles. The molecule has 3 aromatic rings. The number of para-hydroxylation sites is 1. The largest absolute Gasteiger partial charge is 0.379 e. The lowest BCUT2D eigenvalue weighted by atomic mass is 10.2. The van der Waals surface area contributed by atoms with Gasteiger partial charge in [-0.25, -0.2) is 9.37 Å². The number of halogens is 4. The van der Waals surface area contributed by atoms with Gasteiger partial charge in [0, 0.05) is 41.8 Å². The molecule has 5 nitrogen and oxygen atoms in total. The summed E-state index contributed by atoms with van der Waals surface area (Å²) in [7, 11) is 0. The van der Waals surface area contributed by atoms with Crippen molar-refractivity contribution < 1.29 is 13.9 Å². The summed E-state index contributed by atoms with van der Waals surface area (Å²) in [5, 5.41) is 1.20. The van der Waals surface area contributed by atoms with Gasteiger partial charge in [-0.1, -0.05) is 40.6 Å². The highest BCUT2D eigenvalue weighted by atomic mass is 35.5. The molecule has 1 aliphatic rings. The van der Waals surface area contributed by atoms with Gasteiger partial charge in [-0.2, -0.15) is 0 Å². The first kappa shape index (κ1) is 23.2. The van der Waals surface area contributed by atoms with Gasteiger partial charge < -0.3 is 4.74 Å². The molecule has 30 heavy (non-hydrogen) atoms. The summed E-state index contributed by atoms with van der Waals surface area (Å²) >= 11 is 13.5. The molecule has 1 fully saturated rings. The number of ether oxygens (including phenoxy) is 1. The molecule has 0 N–H and O–H groups in total. The Labute approximate surface area is 193 Å². The van der Waals surface area contributed by atoms with E-state index in [-0.39, 0.29) is 23.8 Å². The maximum Gasteiger partial charge on any atom is 0.260 e. The van der Waals surface area contributed by atoms with Gasteiger partial charge in [-0.3, -0.25) is 14.6 Å². The summed E-state index contributed by atoms with van der Waals surface area (Å²) in [6.45, 7) is 4.01. The van der Waals surface area contributed by atoms with Gasteiger partial charge >= 0.3 is 0 Å². The number of fused-ring (bicyclic) bond motifs is 1. The third-order valence-electron chi connectivity index (χ3n) is 4.69. The first-order valence-corrected chi connectivity index (χ1v) is 10.7. The molecular formula is C20H19Cl3FN3O2S. The quantitative estimate of drug-likeness (QED) is 0.497. The second kappa shape index (κ2) is 10.2. The van der Waals surface area contributed by atoms with E-state index in [2.05, 4.69) is 9.88 Å². The molecule has 160 valence electrons. The maximum absolute atomic E-state index is 14.2. The minimum atomic E-state index is -0.406. The van der Waals surface area contributed by atoms with E-state index in [0.29, 0.717) is 51.7 Å². The zero-order chi connectivity index (χ0) is 20.4. The maximum atomic E-state index is 14.2. The number of aromatic nitrogens is 1. The van der Waals surface area contributed by atoms with Crippen LogP contribution in [0.1, 0.15) is 10.4 Å². The average molecular weight is 491 g/mol. The third kappa shape index (κ3) is 5.22.